The van der Waals surface area contributed by atoms with Crippen LogP contribution in [0.25, 0.3) is 0 Å². The zero-order valence-corrected chi connectivity index (χ0v) is 12.3. The van der Waals surface area contributed by atoms with Crippen LogP contribution in [0.1, 0.15) is 22.3 Å². The molecule has 0 spiro atoms. The fourth-order valence-electron chi connectivity index (χ4n) is 1.99. The number of halogens is 1. The van der Waals surface area contributed by atoms with Crippen LogP contribution in [0.4, 0.5) is 4.39 Å². The number of hydrogen-bond donors (Lipinski definition) is 1. The lowest BCUT2D eigenvalue weighted by molar-refractivity contribution is 0.296. The zero-order chi connectivity index (χ0) is 14.7. The maximum Gasteiger partial charge on any atom is 0.130 e. The summed E-state index contributed by atoms with van der Waals surface area (Å²) in [5.74, 6) is 0.437. The van der Waals surface area contributed by atoms with Gasteiger partial charge in [-0.15, -0.1) is 0 Å². The number of hydrogen-bond acceptors (Lipinski definition) is 2. The first-order valence-corrected chi connectivity index (χ1v) is 6.67. The van der Waals surface area contributed by atoms with E-state index in [1.807, 2.05) is 32.0 Å². The van der Waals surface area contributed by atoms with E-state index in [1.165, 1.54) is 6.07 Å². The van der Waals surface area contributed by atoms with Crippen LogP contribution in [0.15, 0.2) is 36.4 Å². The lowest BCUT2D eigenvalue weighted by Crippen LogP contribution is -2.10. The normalized spacial score (nSPS) is 10.3. The molecule has 2 rings (SSSR count). The molecule has 2 aromatic carbocycles. The predicted octanol–water partition coefficient (Wildman–Crippen LogP) is 3.66. The van der Waals surface area contributed by atoms with Crippen molar-refractivity contribution in [1.29, 1.82) is 0 Å². The fraction of sp³-hybridized carbons (Fsp3) is 0.188. The van der Waals surface area contributed by atoms with Gasteiger partial charge in [0, 0.05) is 11.1 Å². The van der Waals surface area contributed by atoms with Crippen LogP contribution in [-0.2, 0) is 6.61 Å². The van der Waals surface area contributed by atoms with E-state index < -0.39 is 0 Å². The third-order valence-corrected chi connectivity index (χ3v) is 3.35. The van der Waals surface area contributed by atoms with Gasteiger partial charge >= 0.3 is 0 Å². The molecule has 0 atom stereocenters. The van der Waals surface area contributed by atoms with Crippen LogP contribution in [0, 0.1) is 19.7 Å². The van der Waals surface area contributed by atoms with E-state index in [-0.39, 0.29) is 17.4 Å². The highest BCUT2D eigenvalue weighted by Crippen LogP contribution is 2.24. The van der Waals surface area contributed by atoms with Gasteiger partial charge in [-0.2, -0.15) is 0 Å². The van der Waals surface area contributed by atoms with Gasteiger partial charge in [-0.25, -0.2) is 4.39 Å². The van der Waals surface area contributed by atoms with Crippen LogP contribution in [0.5, 0.6) is 5.75 Å². The Balaban J connectivity index is 2.17. The summed E-state index contributed by atoms with van der Waals surface area (Å²) in [4.78, 5) is 0.186. The van der Waals surface area contributed by atoms with Gasteiger partial charge in [0.05, 0.1) is 0 Å². The van der Waals surface area contributed by atoms with E-state index in [9.17, 15) is 4.39 Å². The molecular weight excluding hydrogens is 273 g/mol. The third-order valence-electron chi connectivity index (χ3n) is 3.12. The predicted molar refractivity (Wildman–Crippen MR) is 82.5 cm³/mol. The molecule has 0 unspecified atom stereocenters. The molecule has 0 aromatic heterocycles. The molecule has 0 aliphatic rings. The van der Waals surface area contributed by atoms with Gasteiger partial charge in [-0.3, -0.25) is 0 Å². The summed E-state index contributed by atoms with van der Waals surface area (Å²) in [5.41, 5.74) is 8.54. The van der Waals surface area contributed by atoms with Crippen LogP contribution < -0.4 is 10.5 Å². The number of thiocarbonyl (C=S) groups is 1. The molecule has 20 heavy (non-hydrogen) atoms. The van der Waals surface area contributed by atoms with E-state index in [0.29, 0.717) is 11.1 Å². The van der Waals surface area contributed by atoms with E-state index in [1.54, 1.807) is 12.1 Å². The second kappa shape index (κ2) is 6.01. The first kappa shape index (κ1) is 14.5. The third kappa shape index (κ3) is 3.14. The molecule has 2 aromatic rings. The molecule has 2 nitrogen and oxygen atoms in total. The summed E-state index contributed by atoms with van der Waals surface area (Å²) in [6, 6.07) is 10.6. The number of nitrogens with two attached hydrogens (primary N) is 1. The Morgan fingerprint density at radius 2 is 1.85 bits per heavy atom. The summed E-state index contributed by atoms with van der Waals surface area (Å²) in [7, 11) is 0. The topological polar surface area (TPSA) is 35.2 Å². The van der Waals surface area contributed by atoms with Crippen molar-refractivity contribution < 1.29 is 9.13 Å². The van der Waals surface area contributed by atoms with Gasteiger partial charge in [0.2, 0.25) is 0 Å². The highest BCUT2D eigenvalue weighted by molar-refractivity contribution is 7.80. The largest absolute Gasteiger partial charge is 0.488 e. The van der Waals surface area contributed by atoms with Crippen molar-refractivity contribution >= 4 is 17.2 Å². The average molecular weight is 289 g/mol. The Bertz CT molecular complexity index is 635. The Hall–Kier alpha value is -1.94. The second-order valence-corrected chi connectivity index (χ2v) is 5.12. The molecule has 0 saturated heterocycles. The van der Waals surface area contributed by atoms with Crippen LogP contribution in [0.3, 0.4) is 0 Å². The molecule has 0 heterocycles. The molecule has 0 radical (unpaired) electrons. The van der Waals surface area contributed by atoms with E-state index in [2.05, 4.69) is 0 Å². The van der Waals surface area contributed by atoms with Crippen molar-refractivity contribution in [2.45, 2.75) is 20.5 Å². The SMILES string of the molecule is Cc1cccc(C)c1OCc1ccc(C(N)=S)cc1F. The second-order valence-electron chi connectivity index (χ2n) is 4.68. The molecule has 0 fully saturated rings. The van der Waals surface area contributed by atoms with Crippen molar-refractivity contribution in [3.8, 4) is 5.75 Å². The minimum absolute atomic E-state index is 0.176. The standard InChI is InChI=1S/C16H16FNOS/c1-10-4-3-5-11(2)15(10)19-9-13-7-6-12(16(18)20)8-14(13)17/h3-8H,9H2,1-2H3,(H2,18,20). The lowest BCUT2D eigenvalue weighted by Gasteiger charge is -2.12. The molecule has 0 amide bonds. The van der Waals surface area contributed by atoms with Crippen LogP contribution >= 0.6 is 12.2 Å². The molecule has 2 N–H and O–H groups in total. The minimum Gasteiger partial charge on any atom is -0.488 e. The zero-order valence-electron chi connectivity index (χ0n) is 11.4. The lowest BCUT2D eigenvalue weighted by atomic mass is 10.1. The molecule has 0 aliphatic carbocycles. The van der Waals surface area contributed by atoms with Gasteiger partial charge in [0.1, 0.15) is 23.2 Å². The summed E-state index contributed by atoms with van der Waals surface area (Å²) in [6.45, 7) is 4.11. The Morgan fingerprint density at radius 1 is 1.20 bits per heavy atom. The summed E-state index contributed by atoms with van der Waals surface area (Å²) in [6.07, 6.45) is 0. The van der Waals surface area contributed by atoms with Crippen molar-refractivity contribution in [2.75, 3.05) is 0 Å². The summed E-state index contributed by atoms with van der Waals surface area (Å²) in [5, 5.41) is 0. The highest BCUT2D eigenvalue weighted by atomic mass is 32.1. The smallest absolute Gasteiger partial charge is 0.130 e. The average Bonchev–Trinajstić information content (AvgIpc) is 2.39. The maximum atomic E-state index is 13.9. The molecule has 0 bridgehead atoms. The van der Waals surface area contributed by atoms with E-state index in [4.69, 9.17) is 22.7 Å². The van der Waals surface area contributed by atoms with E-state index in [0.717, 1.165) is 16.9 Å². The molecule has 0 saturated carbocycles. The van der Waals surface area contributed by atoms with Gasteiger partial charge in [-0.1, -0.05) is 42.5 Å². The van der Waals surface area contributed by atoms with Crippen molar-refractivity contribution in [3.05, 3.63) is 64.5 Å². The summed E-state index contributed by atoms with van der Waals surface area (Å²) >= 11 is 4.82. The van der Waals surface area contributed by atoms with Crippen LogP contribution in [0.2, 0.25) is 0 Å². The van der Waals surface area contributed by atoms with Gasteiger partial charge in [0.15, 0.2) is 0 Å². The maximum absolute atomic E-state index is 13.9. The van der Waals surface area contributed by atoms with Gasteiger partial charge in [-0.05, 0) is 31.0 Å². The minimum atomic E-state index is -0.360. The van der Waals surface area contributed by atoms with Crippen molar-refractivity contribution in [2.24, 2.45) is 5.73 Å². The molecule has 4 heteroatoms. The first-order valence-electron chi connectivity index (χ1n) is 6.26. The Labute approximate surface area is 123 Å². The number of para-hydroxylation sites is 1. The molecule has 104 valence electrons. The Kier molecular flexibility index (Phi) is 4.35. The first-order chi connectivity index (χ1) is 9.49. The quantitative estimate of drug-likeness (QED) is 0.873. The Morgan fingerprint density at radius 3 is 2.40 bits per heavy atom. The number of aryl methyl sites for hydroxylation is 2. The number of rotatable bonds is 4. The summed E-state index contributed by atoms with van der Waals surface area (Å²) < 4.78 is 19.6. The fourth-order valence-corrected chi connectivity index (χ4v) is 2.12. The van der Waals surface area contributed by atoms with Crippen molar-refractivity contribution in [3.63, 3.8) is 0 Å². The number of ether oxygens (including phenoxy) is 1. The monoisotopic (exact) mass is 289 g/mol. The van der Waals surface area contributed by atoms with E-state index >= 15 is 0 Å². The highest BCUT2D eigenvalue weighted by Gasteiger charge is 2.08. The molecular formula is C16H16FNOS. The number of benzene rings is 2. The van der Waals surface area contributed by atoms with Gasteiger partial charge < -0.3 is 10.5 Å². The van der Waals surface area contributed by atoms with Gasteiger partial charge in [0.25, 0.3) is 0 Å². The van der Waals surface area contributed by atoms with Crippen molar-refractivity contribution in [1.82, 2.24) is 0 Å². The van der Waals surface area contributed by atoms with Crippen LogP contribution in [-0.4, -0.2) is 4.99 Å². The molecule has 0 aliphatic heterocycles.